The fourth-order valence-electron chi connectivity index (χ4n) is 3.69. The summed E-state index contributed by atoms with van der Waals surface area (Å²) in [5.41, 5.74) is 1.91. The third kappa shape index (κ3) is 7.90. The van der Waals surface area contributed by atoms with Crippen LogP contribution in [0.2, 0.25) is 0 Å². The molecule has 0 aliphatic carbocycles. The third-order valence-corrected chi connectivity index (χ3v) is 5.61. The van der Waals surface area contributed by atoms with E-state index in [1.54, 1.807) is 25.1 Å². The van der Waals surface area contributed by atoms with Gasteiger partial charge in [-0.05, 0) is 60.5 Å². The average Bonchev–Trinajstić information content (AvgIpc) is 3.43. The molecule has 0 radical (unpaired) electrons. The van der Waals surface area contributed by atoms with Gasteiger partial charge in [-0.2, -0.15) is 18.3 Å². The molecule has 0 saturated carbocycles. The van der Waals surface area contributed by atoms with Gasteiger partial charge in [-0.1, -0.05) is 18.2 Å². The second-order valence-corrected chi connectivity index (χ2v) is 8.59. The molecule has 14 heteroatoms. The molecule has 1 heterocycles. The summed E-state index contributed by atoms with van der Waals surface area (Å²) in [5.74, 6) is -1.18. The van der Waals surface area contributed by atoms with Crippen molar-refractivity contribution in [3.8, 4) is 23.0 Å². The van der Waals surface area contributed by atoms with Gasteiger partial charge in [0.1, 0.15) is 0 Å². The van der Waals surface area contributed by atoms with Crippen LogP contribution in [0, 0.1) is 0 Å². The number of halogens is 3. The monoisotopic (exact) mass is 586 g/mol. The highest BCUT2D eigenvalue weighted by Crippen LogP contribution is 2.35. The Hall–Kier alpha value is -5.27. The maximum absolute atomic E-state index is 13.2. The fraction of sp³-hybridized carbons (Fsp3) is 0.214. The molecule has 3 N–H and O–H groups in total. The van der Waals surface area contributed by atoms with Crippen molar-refractivity contribution in [1.29, 1.82) is 0 Å². The predicted molar refractivity (Wildman–Crippen MR) is 143 cm³/mol. The van der Waals surface area contributed by atoms with Crippen molar-refractivity contribution in [2.24, 2.45) is 5.10 Å². The van der Waals surface area contributed by atoms with Crippen LogP contribution in [0.5, 0.6) is 23.0 Å². The number of carbonyl (C=O) groups is 3. The van der Waals surface area contributed by atoms with Crippen LogP contribution >= 0.6 is 0 Å². The molecule has 0 spiro atoms. The maximum Gasteiger partial charge on any atom is 0.418 e. The van der Waals surface area contributed by atoms with E-state index in [4.69, 9.17) is 18.9 Å². The molecule has 0 saturated heterocycles. The zero-order chi connectivity index (χ0) is 30.1. The molecule has 0 aromatic heterocycles. The van der Waals surface area contributed by atoms with Gasteiger partial charge in [-0.25, -0.2) is 5.43 Å². The lowest BCUT2D eigenvalue weighted by Gasteiger charge is -2.15. The first kappa shape index (κ1) is 29.7. The minimum atomic E-state index is -4.64. The molecule has 0 bridgehead atoms. The summed E-state index contributed by atoms with van der Waals surface area (Å²) >= 11 is 0. The number of para-hydroxylation sites is 1. The standard InChI is InChI=1S/C28H25F3N4O7/c1-2-39-23-12-18(8-9-21(23)40-15-25(36)34-20-6-4-3-5-19(20)28(29,30)31)14-33-35-27(38)26(37)32-13-17-7-10-22-24(11-17)42-16-41-22/h3-12,14H,2,13,15-16H2,1H3,(H,32,37)(H,34,36)(H,35,38)/b33-14-. The first-order valence-corrected chi connectivity index (χ1v) is 12.5. The number of nitrogens with zero attached hydrogens (tertiary/aromatic N) is 1. The van der Waals surface area contributed by atoms with Crippen molar-refractivity contribution in [3.05, 3.63) is 77.4 Å². The maximum atomic E-state index is 13.2. The molecule has 3 aromatic rings. The highest BCUT2D eigenvalue weighted by Gasteiger charge is 2.33. The van der Waals surface area contributed by atoms with Gasteiger partial charge in [-0.15, -0.1) is 0 Å². The van der Waals surface area contributed by atoms with E-state index in [-0.39, 0.29) is 37.1 Å². The smallest absolute Gasteiger partial charge is 0.418 e. The second-order valence-electron chi connectivity index (χ2n) is 8.59. The second kappa shape index (κ2) is 13.4. The Morgan fingerprint density at radius 2 is 1.74 bits per heavy atom. The summed E-state index contributed by atoms with van der Waals surface area (Å²) in [6.07, 6.45) is -3.38. The number of amides is 3. The van der Waals surface area contributed by atoms with Crippen molar-refractivity contribution >= 4 is 29.6 Å². The van der Waals surface area contributed by atoms with Gasteiger partial charge in [0.25, 0.3) is 5.91 Å². The van der Waals surface area contributed by atoms with E-state index < -0.39 is 36.1 Å². The number of alkyl halides is 3. The summed E-state index contributed by atoms with van der Waals surface area (Å²) in [7, 11) is 0. The average molecular weight is 587 g/mol. The Balaban J connectivity index is 1.29. The molecule has 3 aromatic carbocycles. The van der Waals surface area contributed by atoms with E-state index in [0.29, 0.717) is 22.6 Å². The van der Waals surface area contributed by atoms with Gasteiger partial charge in [0.2, 0.25) is 6.79 Å². The first-order valence-electron chi connectivity index (χ1n) is 12.5. The number of ether oxygens (including phenoxy) is 4. The van der Waals surface area contributed by atoms with Crippen molar-refractivity contribution in [1.82, 2.24) is 10.7 Å². The van der Waals surface area contributed by atoms with Crippen LogP contribution in [0.3, 0.4) is 0 Å². The van der Waals surface area contributed by atoms with Crippen LogP contribution in [0.25, 0.3) is 0 Å². The number of hydrogen-bond donors (Lipinski definition) is 3. The molecule has 3 amide bonds. The zero-order valence-corrected chi connectivity index (χ0v) is 22.1. The van der Waals surface area contributed by atoms with E-state index >= 15 is 0 Å². The van der Waals surface area contributed by atoms with Gasteiger partial charge < -0.3 is 29.6 Å². The fourth-order valence-corrected chi connectivity index (χ4v) is 3.69. The Labute approximate surface area is 237 Å². The minimum Gasteiger partial charge on any atom is -0.490 e. The summed E-state index contributed by atoms with van der Waals surface area (Å²) in [4.78, 5) is 36.5. The van der Waals surface area contributed by atoms with Crippen molar-refractivity contribution in [2.75, 3.05) is 25.3 Å². The molecule has 42 heavy (non-hydrogen) atoms. The predicted octanol–water partition coefficient (Wildman–Crippen LogP) is 3.62. The molecule has 220 valence electrons. The summed E-state index contributed by atoms with van der Waals surface area (Å²) in [5, 5.41) is 8.44. The number of benzene rings is 3. The lowest BCUT2D eigenvalue weighted by atomic mass is 10.1. The number of hydrazone groups is 1. The Morgan fingerprint density at radius 1 is 0.952 bits per heavy atom. The summed E-state index contributed by atoms with van der Waals surface area (Å²) in [6.45, 7) is 1.57. The molecular weight excluding hydrogens is 561 g/mol. The van der Waals surface area contributed by atoms with Crippen LogP contribution in [0.4, 0.5) is 18.9 Å². The van der Waals surface area contributed by atoms with Crippen LogP contribution < -0.4 is 35.0 Å². The van der Waals surface area contributed by atoms with E-state index in [9.17, 15) is 27.6 Å². The number of nitrogens with one attached hydrogen (secondary N) is 3. The quantitative estimate of drug-likeness (QED) is 0.188. The van der Waals surface area contributed by atoms with Gasteiger partial charge in [-0.3, -0.25) is 14.4 Å². The topological polar surface area (TPSA) is 137 Å². The van der Waals surface area contributed by atoms with Crippen molar-refractivity contribution < 1.29 is 46.5 Å². The number of rotatable bonds is 10. The lowest BCUT2D eigenvalue weighted by molar-refractivity contribution is -0.139. The molecular formula is C28H25F3N4O7. The van der Waals surface area contributed by atoms with E-state index in [1.807, 2.05) is 0 Å². The van der Waals surface area contributed by atoms with E-state index in [1.165, 1.54) is 36.5 Å². The van der Waals surface area contributed by atoms with Gasteiger partial charge in [0.15, 0.2) is 29.6 Å². The molecule has 4 rings (SSSR count). The van der Waals surface area contributed by atoms with Crippen LogP contribution in [0.1, 0.15) is 23.6 Å². The minimum absolute atomic E-state index is 0.0820. The largest absolute Gasteiger partial charge is 0.490 e. The zero-order valence-electron chi connectivity index (χ0n) is 22.1. The Kier molecular flexibility index (Phi) is 9.47. The highest BCUT2D eigenvalue weighted by molar-refractivity contribution is 6.35. The molecule has 0 fully saturated rings. The molecule has 11 nitrogen and oxygen atoms in total. The molecule has 1 aliphatic rings. The normalized spacial score (nSPS) is 12.1. The first-order chi connectivity index (χ1) is 20.1. The number of anilines is 1. The van der Waals surface area contributed by atoms with Crippen LogP contribution in [0.15, 0.2) is 65.8 Å². The molecule has 0 unspecified atom stereocenters. The summed E-state index contributed by atoms with van der Waals surface area (Å²) < 4.78 is 61.0. The van der Waals surface area contributed by atoms with Crippen molar-refractivity contribution in [2.45, 2.75) is 19.6 Å². The van der Waals surface area contributed by atoms with Crippen LogP contribution in [-0.4, -0.2) is 43.9 Å². The summed E-state index contributed by atoms with van der Waals surface area (Å²) in [6, 6.07) is 14.2. The number of carbonyl (C=O) groups excluding carboxylic acids is 3. The van der Waals surface area contributed by atoms with E-state index in [2.05, 4.69) is 21.2 Å². The van der Waals surface area contributed by atoms with Crippen molar-refractivity contribution in [3.63, 3.8) is 0 Å². The lowest BCUT2D eigenvalue weighted by Crippen LogP contribution is -2.37. The van der Waals surface area contributed by atoms with Gasteiger partial charge >= 0.3 is 18.0 Å². The Morgan fingerprint density at radius 3 is 2.52 bits per heavy atom. The SMILES string of the molecule is CCOc1cc(/C=N\NC(=O)C(=O)NCc2ccc3c(c2)OCO3)ccc1OCC(=O)Nc1ccccc1C(F)(F)F. The number of hydrogen-bond acceptors (Lipinski definition) is 8. The third-order valence-electron chi connectivity index (χ3n) is 5.61. The molecule has 0 atom stereocenters. The van der Waals surface area contributed by atoms with Gasteiger partial charge in [0.05, 0.1) is 24.1 Å². The number of fused-ring (bicyclic) bond motifs is 1. The van der Waals surface area contributed by atoms with Crippen LogP contribution in [-0.2, 0) is 27.1 Å². The molecule has 1 aliphatic heterocycles. The van der Waals surface area contributed by atoms with Gasteiger partial charge in [0, 0.05) is 6.54 Å². The highest BCUT2D eigenvalue weighted by atomic mass is 19.4. The Bertz CT molecular complexity index is 1490. The van der Waals surface area contributed by atoms with E-state index in [0.717, 1.165) is 12.1 Å².